The van der Waals surface area contributed by atoms with Gasteiger partial charge in [0.15, 0.2) is 0 Å². The number of hydrogen-bond donors (Lipinski definition) is 1. The lowest BCUT2D eigenvalue weighted by Crippen LogP contribution is -2.26. The molecule has 108 valence electrons. The monoisotopic (exact) mass is 293 g/mol. The minimum absolute atomic E-state index is 0.130. The van der Waals surface area contributed by atoms with Gasteiger partial charge in [0.2, 0.25) is 10.0 Å². The molecule has 0 bridgehead atoms. The molecule has 0 aliphatic heterocycles. The summed E-state index contributed by atoms with van der Waals surface area (Å²) < 4.78 is 28.9. The average Bonchev–Trinajstić information content (AvgIpc) is 2.90. The van der Waals surface area contributed by atoms with Gasteiger partial charge in [-0.15, -0.1) is 0 Å². The van der Waals surface area contributed by atoms with Crippen LogP contribution in [0.4, 0.5) is 0 Å². The fourth-order valence-corrected chi connectivity index (χ4v) is 3.02. The van der Waals surface area contributed by atoms with Gasteiger partial charge in [0.1, 0.15) is 4.90 Å². The summed E-state index contributed by atoms with van der Waals surface area (Å²) in [7, 11) is -3.55. The lowest BCUT2D eigenvalue weighted by Gasteiger charge is -2.13. The Morgan fingerprint density at radius 3 is 2.35 bits per heavy atom. The van der Waals surface area contributed by atoms with Gasteiger partial charge in [-0.1, -0.05) is 30.3 Å². The number of rotatable bonds is 5. The second-order valence-corrected chi connectivity index (χ2v) is 6.72. The van der Waals surface area contributed by atoms with Gasteiger partial charge in [-0.2, -0.15) is 5.10 Å². The van der Waals surface area contributed by atoms with Gasteiger partial charge in [0.05, 0.1) is 6.20 Å². The average molecular weight is 293 g/mol. The Bertz CT molecular complexity index is 663. The van der Waals surface area contributed by atoms with Crippen LogP contribution >= 0.6 is 0 Å². The van der Waals surface area contributed by atoms with Gasteiger partial charge in [-0.25, -0.2) is 13.1 Å². The summed E-state index contributed by atoms with van der Waals surface area (Å²) in [6.45, 7) is 5.71. The van der Waals surface area contributed by atoms with Crippen LogP contribution < -0.4 is 4.72 Å². The van der Waals surface area contributed by atoms with E-state index in [9.17, 15) is 8.42 Å². The van der Waals surface area contributed by atoms with Crippen molar-refractivity contribution in [3.63, 3.8) is 0 Å². The molecule has 1 aromatic carbocycles. The molecule has 1 N–H and O–H groups in total. The molecular formula is C14H19N3O2S. The Morgan fingerprint density at radius 1 is 1.15 bits per heavy atom. The van der Waals surface area contributed by atoms with Crippen LogP contribution in [-0.4, -0.2) is 18.2 Å². The normalized spacial score (nSPS) is 13.6. The Kier molecular flexibility index (Phi) is 4.25. The van der Waals surface area contributed by atoms with Crippen LogP contribution in [0, 0.1) is 0 Å². The van der Waals surface area contributed by atoms with Crippen molar-refractivity contribution in [2.75, 3.05) is 0 Å². The molecule has 1 atom stereocenters. The van der Waals surface area contributed by atoms with Gasteiger partial charge in [0.25, 0.3) is 0 Å². The first-order valence-corrected chi connectivity index (χ1v) is 8.00. The second-order valence-electron chi connectivity index (χ2n) is 5.00. The Morgan fingerprint density at radius 2 is 1.80 bits per heavy atom. The first kappa shape index (κ1) is 14.7. The number of nitrogens with one attached hydrogen (secondary N) is 1. The Hall–Kier alpha value is -1.66. The molecule has 0 amide bonds. The molecule has 0 saturated carbocycles. The highest BCUT2D eigenvalue weighted by atomic mass is 32.2. The molecule has 0 radical (unpaired) electrons. The highest BCUT2D eigenvalue weighted by Gasteiger charge is 2.20. The van der Waals surface area contributed by atoms with E-state index in [1.165, 1.54) is 6.20 Å². The van der Waals surface area contributed by atoms with Gasteiger partial charge in [0, 0.05) is 18.3 Å². The molecule has 0 aliphatic carbocycles. The molecule has 20 heavy (non-hydrogen) atoms. The number of aromatic nitrogens is 2. The largest absolute Gasteiger partial charge is 0.269 e. The highest BCUT2D eigenvalue weighted by Crippen LogP contribution is 2.17. The summed E-state index contributed by atoms with van der Waals surface area (Å²) in [5, 5.41) is 4.06. The number of nitrogens with zero attached hydrogens (tertiary/aromatic N) is 2. The van der Waals surface area contributed by atoms with E-state index in [-0.39, 0.29) is 17.0 Å². The SMILES string of the molecule is CC(C)n1cc(S(=O)(=O)N[C@@H](C)c2ccccc2)cn1. The molecule has 0 spiro atoms. The maximum absolute atomic E-state index is 12.3. The molecule has 2 rings (SSSR count). The molecule has 0 saturated heterocycles. The summed E-state index contributed by atoms with van der Waals surface area (Å²) in [4.78, 5) is 0.189. The topological polar surface area (TPSA) is 64.0 Å². The van der Waals surface area contributed by atoms with E-state index < -0.39 is 10.0 Å². The maximum atomic E-state index is 12.3. The van der Waals surface area contributed by atoms with E-state index in [1.54, 1.807) is 10.9 Å². The first-order valence-electron chi connectivity index (χ1n) is 6.51. The van der Waals surface area contributed by atoms with Crippen LogP contribution in [0.3, 0.4) is 0 Å². The van der Waals surface area contributed by atoms with Crippen molar-refractivity contribution in [1.82, 2.24) is 14.5 Å². The van der Waals surface area contributed by atoms with Crippen LogP contribution in [0.25, 0.3) is 0 Å². The third kappa shape index (κ3) is 3.26. The summed E-state index contributed by atoms with van der Waals surface area (Å²) in [5.41, 5.74) is 0.923. The molecule has 0 unspecified atom stereocenters. The van der Waals surface area contributed by atoms with Crippen molar-refractivity contribution in [2.45, 2.75) is 37.8 Å². The maximum Gasteiger partial charge on any atom is 0.244 e. The number of benzene rings is 1. The van der Waals surface area contributed by atoms with Crippen LogP contribution in [0.2, 0.25) is 0 Å². The van der Waals surface area contributed by atoms with E-state index in [0.29, 0.717) is 0 Å². The van der Waals surface area contributed by atoms with Crippen LogP contribution in [0.15, 0.2) is 47.6 Å². The zero-order chi connectivity index (χ0) is 14.8. The van der Waals surface area contributed by atoms with E-state index in [4.69, 9.17) is 0 Å². The first-order chi connectivity index (χ1) is 9.40. The molecule has 0 aliphatic rings. The number of hydrogen-bond acceptors (Lipinski definition) is 3. The van der Waals surface area contributed by atoms with Crippen LogP contribution in [0.5, 0.6) is 0 Å². The molecular weight excluding hydrogens is 274 g/mol. The van der Waals surface area contributed by atoms with Gasteiger partial charge in [-0.3, -0.25) is 4.68 Å². The van der Waals surface area contributed by atoms with Crippen molar-refractivity contribution >= 4 is 10.0 Å². The minimum Gasteiger partial charge on any atom is -0.269 e. The predicted octanol–water partition coefficient (Wildman–Crippen LogP) is 2.50. The van der Waals surface area contributed by atoms with Crippen LogP contribution in [0.1, 0.15) is 38.4 Å². The van der Waals surface area contributed by atoms with E-state index >= 15 is 0 Å². The third-order valence-electron chi connectivity index (χ3n) is 3.05. The Labute approximate surface area is 119 Å². The fraction of sp³-hybridized carbons (Fsp3) is 0.357. The van der Waals surface area contributed by atoms with Crippen molar-refractivity contribution in [1.29, 1.82) is 0 Å². The summed E-state index contributed by atoms with van der Waals surface area (Å²) >= 11 is 0. The minimum atomic E-state index is -3.55. The lowest BCUT2D eigenvalue weighted by atomic mass is 10.1. The summed E-state index contributed by atoms with van der Waals surface area (Å²) in [5.74, 6) is 0. The zero-order valence-electron chi connectivity index (χ0n) is 11.8. The van der Waals surface area contributed by atoms with E-state index in [0.717, 1.165) is 5.56 Å². The van der Waals surface area contributed by atoms with Crippen molar-refractivity contribution in [3.05, 3.63) is 48.3 Å². The summed E-state index contributed by atoms with van der Waals surface area (Å²) in [6.07, 6.45) is 2.92. The van der Waals surface area contributed by atoms with E-state index in [1.807, 2.05) is 51.1 Å². The van der Waals surface area contributed by atoms with Crippen LogP contribution in [-0.2, 0) is 10.0 Å². The zero-order valence-corrected chi connectivity index (χ0v) is 12.6. The third-order valence-corrected chi connectivity index (χ3v) is 4.54. The molecule has 1 heterocycles. The molecule has 2 aromatic rings. The predicted molar refractivity (Wildman–Crippen MR) is 77.8 cm³/mol. The van der Waals surface area contributed by atoms with Crippen molar-refractivity contribution in [3.8, 4) is 0 Å². The quantitative estimate of drug-likeness (QED) is 0.921. The fourth-order valence-electron chi connectivity index (χ4n) is 1.85. The van der Waals surface area contributed by atoms with Crippen molar-refractivity contribution < 1.29 is 8.42 Å². The van der Waals surface area contributed by atoms with Gasteiger partial charge >= 0.3 is 0 Å². The molecule has 1 aromatic heterocycles. The van der Waals surface area contributed by atoms with E-state index in [2.05, 4.69) is 9.82 Å². The smallest absolute Gasteiger partial charge is 0.244 e. The molecule has 0 fully saturated rings. The van der Waals surface area contributed by atoms with Gasteiger partial charge in [-0.05, 0) is 26.3 Å². The van der Waals surface area contributed by atoms with Crippen molar-refractivity contribution in [2.24, 2.45) is 0 Å². The highest BCUT2D eigenvalue weighted by molar-refractivity contribution is 7.89. The molecule has 5 nitrogen and oxygen atoms in total. The molecule has 6 heteroatoms. The summed E-state index contributed by atoms with van der Waals surface area (Å²) in [6, 6.07) is 9.30. The second kappa shape index (κ2) is 5.76. The Balaban J connectivity index is 2.18. The standard InChI is InChI=1S/C14H19N3O2S/c1-11(2)17-10-14(9-15-17)20(18,19)16-12(3)13-7-5-4-6-8-13/h4-12,16H,1-3H3/t12-/m0/s1. The number of sulfonamides is 1. The lowest BCUT2D eigenvalue weighted by molar-refractivity contribution is 0.530. The van der Waals surface area contributed by atoms with Gasteiger partial charge < -0.3 is 0 Å².